The fourth-order valence-electron chi connectivity index (χ4n) is 1.77. The van der Waals surface area contributed by atoms with E-state index in [0.717, 1.165) is 0 Å². The molecule has 1 aromatic carbocycles. The van der Waals surface area contributed by atoms with Crippen molar-refractivity contribution in [1.29, 1.82) is 0 Å². The van der Waals surface area contributed by atoms with Crippen molar-refractivity contribution >= 4 is 29.7 Å². The molecule has 2 amide bonds. The minimum atomic E-state index is -1.29. The number of halogens is 1. The third kappa shape index (κ3) is 7.82. The average molecular weight is 358 g/mol. The quantitative estimate of drug-likeness (QED) is 0.473. The zero-order chi connectivity index (χ0) is 17.9. The summed E-state index contributed by atoms with van der Waals surface area (Å²) in [5.41, 5.74) is 0.576. The van der Waals surface area contributed by atoms with Crippen LogP contribution in [0.25, 0.3) is 0 Å². The summed E-state index contributed by atoms with van der Waals surface area (Å²) < 4.78 is 13.4. The highest BCUT2D eigenvalue weighted by Gasteiger charge is 2.20. The van der Waals surface area contributed by atoms with E-state index < -0.39 is 24.0 Å². The highest BCUT2D eigenvalue weighted by molar-refractivity contribution is 7.98. The van der Waals surface area contributed by atoms with Crippen molar-refractivity contribution in [1.82, 2.24) is 10.6 Å². The summed E-state index contributed by atoms with van der Waals surface area (Å²) in [5.74, 6) is -1.72. The molecular formula is C15H19FN2O5S. The molecule has 132 valence electrons. The van der Waals surface area contributed by atoms with Gasteiger partial charge in [-0.2, -0.15) is 11.8 Å². The second-order valence-corrected chi connectivity index (χ2v) is 5.97. The maximum Gasteiger partial charge on any atom is 0.326 e. The van der Waals surface area contributed by atoms with E-state index in [1.807, 2.05) is 0 Å². The van der Waals surface area contributed by atoms with Crippen LogP contribution in [0.4, 0.5) is 9.18 Å². The summed E-state index contributed by atoms with van der Waals surface area (Å²) in [7, 11) is 0. The lowest BCUT2D eigenvalue weighted by Crippen LogP contribution is -2.46. The van der Waals surface area contributed by atoms with E-state index in [9.17, 15) is 18.8 Å². The van der Waals surface area contributed by atoms with Gasteiger partial charge >= 0.3 is 18.0 Å². The molecule has 0 aromatic heterocycles. The zero-order valence-corrected chi connectivity index (χ0v) is 13.6. The van der Waals surface area contributed by atoms with Crippen LogP contribution >= 0.6 is 11.8 Å². The van der Waals surface area contributed by atoms with Gasteiger partial charge in [-0.1, -0.05) is 18.2 Å². The molecule has 0 saturated heterocycles. The number of carbonyl (C=O) groups is 3. The van der Waals surface area contributed by atoms with E-state index in [1.165, 1.54) is 17.8 Å². The Bertz CT molecular complexity index is 585. The Morgan fingerprint density at radius 1 is 1.21 bits per heavy atom. The number of rotatable bonds is 10. The number of carboxylic acids is 2. The summed E-state index contributed by atoms with van der Waals surface area (Å²) in [6.45, 7) is 0.274. The van der Waals surface area contributed by atoms with Crippen LogP contribution in [0.1, 0.15) is 18.4 Å². The molecule has 1 aromatic rings. The zero-order valence-electron chi connectivity index (χ0n) is 12.8. The van der Waals surface area contributed by atoms with E-state index in [0.29, 0.717) is 17.1 Å². The number of hydrogen-bond acceptors (Lipinski definition) is 4. The Labute approximate surface area is 142 Å². The smallest absolute Gasteiger partial charge is 0.326 e. The van der Waals surface area contributed by atoms with Gasteiger partial charge in [0, 0.05) is 24.5 Å². The van der Waals surface area contributed by atoms with Crippen molar-refractivity contribution in [2.24, 2.45) is 0 Å². The van der Waals surface area contributed by atoms with Crippen molar-refractivity contribution < 1.29 is 29.0 Å². The van der Waals surface area contributed by atoms with E-state index in [1.54, 1.807) is 18.2 Å². The van der Waals surface area contributed by atoms with Gasteiger partial charge in [0.15, 0.2) is 0 Å². The fourth-order valence-corrected chi connectivity index (χ4v) is 2.61. The van der Waals surface area contributed by atoms with Crippen LogP contribution in [0.3, 0.4) is 0 Å². The number of hydrogen-bond donors (Lipinski definition) is 4. The molecule has 0 aliphatic rings. The van der Waals surface area contributed by atoms with Crippen LogP contribution in [-0.2, 0) is 15.3 Å². The topological polar surface area (TPSA) is 116 Å². The van der Waals surface area contributed by atoms with Crippen LogP contribution in [0.2, 0.25) is 0 Å². The van der Waals surface area contributed by atoms with E-state index in [4.69, 9.17) is 10.2 Å². The molecule has 0 spiro atoms. The van der Waals surface area contributed by atoms with Crippen molar-refractivity contribution in [3.63, 3.8) is 0 Å². The van der Waals surface area contributed by atoms with Crippen LogP contribution in [-0.4, -0.2) is 46.5 Å². The molecule has 7 nitrogen and oxygen atoms in total. The van der Waals surface area contributed by atoms with Crippen molar-refractivity contribution in [3.05, 3.63) is 35.6 Å². The maximum atomic E-state index is 13.4. The van der Waals surface area contributed by atoms with Gasteiger partial charge < -0.3 is 20.8 Å². The third-order valence-corrected chi connectivity index (χ3v) is 4.01. The van der Waals surface area contributed by atoms with E-state index in [-0.39, 0.29) is 25.2 Å². The number of thioether (sulfide) groups is 1. The summed E-state index contributed by atoms with van der Waals surface area (Å²) >= 11 is 1.43. The first-order valence-corrected chi connectivity index (χ1v) is 8.35. The largest absolute Gasteiger partial charge is 0.481 e. The number of urea groups is 1. The molecule has 0 heterocycles. The SMILES string of the molecule is O=C(O)CC[C@H](NC(=O)NCCSCc1ccccc1F)C(=O)O. The first kappa shape index (κ1) is 19.8. The molecule has 4 N–H and O–H groups in total. The Balaban J connectivity index is 2.24. The summed E-state index contributed by atoms with van der Waals surface area (Å²) in [6.07, 6.45) is -0.546. The number of benzene rings is 1. The van der Waals surface area contributed by atoms with Gasteiger partial charge in [0.25, 0.3) is 0 Å². The lowest BCUT2D eigenvalue weighted by atomic mass is 10.1. The van der Waals surface area contributed by atoms with Crippen molar-refractivity contribution in [2.75, 3.05) is 12.3 Å². The Morgan fingerprint density at radius 2 is 1.92 bits per heavy atom. The predicted molar refractivity (Wildman–Crippen MR) is 87.4 cm³/mol. The summed E-state index contributed by atoms with van der Waals surface area (Å²) in [4.78, 5) is 33.0. The van der Waals surface area contributed by atoms with Gasteiger partial charge in [-0.15, -0.1) is 0 Å². The van der Waals surface area contributed by atoms with E-state index >= 15 is 0 Å². The van der Waals surface area contributed by atoms with Crippen LogP contribution in [0.15, 0.2) is 24.3 Å². The monoisotopic (exact) mass is 358 g/mol. The van der Waals surface area contributed by atoms with Gasteiger partial charge in [-0.05, 0) is 18.1 Å². The van der Waals surface area contributed by atoms with E-state index in [2.05, 4.69) is 10.6 Å². The number of carboxylic acid groups (broad SMARTS) is 2. The Hall–Kier alpha value is -2.29. The Kier molecular flexibility index (Phi) is 8.63. The van der Waals surface area contributed by atoms with Gasteiger partial charge in [0.05, 0.1) is 0 Å². The molecule has 0 radical (unpaired) electrons. The molecule has 1 rings (SSSR count). The number of carbonyl (C=O) groups excluding carboxylic acids is 1. The lowest BCUT2D eigenvalue weighted by Gasteiger charge is -2.14. The molecule has 0 saturated carbocycles. The number of aliphatic carboxylic acids is 2. The maximum absolute atomic E-state index is 13.4. The third-order valence-electron chi connectivity index (χ3n) is 3.00. The summed E-state index contributed by atoms with van der Waals surface area (Å²) in [5, 5.41) is 22.2. The molecule has 1 atom stereocenters. The molecule has 0 fully saturated rings. The van der Waals surface area contributed by atoms with Gasteiger partial charge in [-0.25, -0.2) is 14.0 Å². The normalized spacial score (nSPS) is 11.5. The van der Waals surface area contributed by atoms with Gasteiger partial charge in [0.1, 0.15) is 11.9 Å². The molecule has 0 aliphatic heterocycles. The first-order chi connectivity index (χ1) is 11.4. The summed E-state index contributed by atoms with van der Waals surface area (Å²) in [6, 6.07) is 4.48. The van der Waals surface area contributed by atoms with Gasteiger partial charge in [-0.3, -0.25) is 4.79 Å². The fraction of sp³-hybridized carbons (Fsp3) is 0.400. The molecule has 24 heavy (non-hydrogen) atoms. The first-order valence-electron chi connectivity index (χ1n) is 7.20. The second-order valence-electron chi connectivity index (χ2n) is 4.87. The molecule has 0 bridgehead atoms. The van der Waals surface area contributed by atoms with Gasteiger partial charge in [0.2, 0.25) is 0 Å². The van der Waals surface area contributed by atoms with Crippen molar-refractivity contribution in [3.8, 4) is 0 Å². The highest BCUT2D eigenvalue weighted by Crippen LogP contribution is 2.14. The second kappa shape index (κ2) is 10.5. The molecule has 0 aliphatic carbocycles. The van der Waals surface area contributed by atoms with Crippen LogP contribution < -0.4 is 10.6 Å². The minimum Gasteiger partial charge on any atom is -0.481 e. The standard InChI is InChI=1S/C15H19FN2O5S/c16-11-4-2-1-3-10(11)9-24-8-7-17-15(23)18-12(14(21)22)5-6-13(19)20/h1-4,12H,5-9H2,(H,19,20)(H,21,22)(H2,17,18,23)/t12-/m0/s1. The minimum absolute atomic E-state index is 0.194. The van der Waals surface area contributed by atoms with Crippen molar-refractivity contribution in [2.45, 2.75) is 24.6 Å². The molecular weight excluding hydrogens is 339 g/mol. The molecule has 9 heteroatoms. The Morgan fingerprint density at radius 3 is 2.54 bits per heavy atom. The lowest BCUT2D eigenvalue weighted by molar-refractivity contribution is -0.140. The number of nitrogens with one attached hydrogen (secondary N) is 2. The molecule has 0 unspecified atom stereocenters. The highest BCUT2D eigenvalue weighted by atomic mass is 32.2. The van der Waals surface area contributed by atoms with Crippen LogP contribution in [0.5, 0.6) is 0 Å². The number of amides is 2. The predicted octanol–water partition coefficient (Wildman–Crippen LogP) is 1.68. The van der Waals surface area contributed by atoms with Crippen LogP contribution in [0, 0.1) is 5.82 Å². The average Bonchev–Trinajstić information content (AvgIpc) is 2.52.